The van der Waals surface area contributed by atoms with Crippen molar-refractivity contribution in [2.24, 2.45) is 18.9 Å². The lowest BCUT2D eigenvalue weighted by atomic mass is 9.73. The second-order valence-corrected chi connectivity index (χ2v) is 12.6. The first-order valence-corrected chi connectivity index (χ1v) is 15.2. The van der Waals surface area contributed by atoms with E-state index in [1.165, 1.54) is 89.3 Å². The molecule has 1 aromatic rings. The number of fused-ring (bicyclic) bond motifs is 2. The van der Waals surface area contributed by atoms with Crippen molar-refractivity contribution in [1.82, 2.24) is 30.8 Å². The monoisotopic (exact) mass is 496 g/mol. The molecule has 0 aromatic carbocycles. The topological polar surface area (TPSA) is 83.0 Å². The Bertz CT molecular complexity index is 880. The van der Waals surface area contributed by atoms with Gasteiger partial charge in [0.25, 0.3) is 0 Å². The number of hydrogen-bond donors (Lipinski definition) is 4. The Balaban J connectivity index is 1.17. The van der Waals surface area contributed by atoms with Crippen LogP contribution in [0, 0.1) is 11.8 Å². The number of amides is 1. The van der Waals surface area contributed by atoms with Crippen LogP contribution in [0.3, 0.4) is 0 Å². The summed E-state index contributed by atoms with van der Waals surface area (Å²) in [5, 5.41) is 14.7. The zero-order chi connectivity index (χ0) is 24.5. The van der Waals surface area contributed by atoms with Crippen LogP contribution < -0.4 is 21.3 Å². The van der Waals surface area contributed by atoms with Gasteiger partial charge in [-0.1, -0.05) is 19.3 Å². The van der Waals surface area contributed by atoms with Gasteiger partial charge in [-0.25, -0.2) is 4.98 Å². The quantitative estimate of drug-likeness (QED) is 0.483. The largest absolute Gasteiger partial charge is 0.345 e. The third-order valence-electron chi connectivity index (χ3n) is 10.4. The highest BCUT2D eigenvalue weighted by molar-refractivity contribution is 5.82. The molecule has 0 radical (unpaired) electrons. The van der Waals surface area contributed by atoms with Crippen LogP contribution in [-0.4, -0.2) is 52.7 Å². The summed E-state index contributed by atoms with van der Waals surface area (Å²) >= 11 is 0. The summed E-state index contributed by atoms with van der Waals surface area (Å²) in [6, 6.07) is 1.62. The molecule has 2 aliphatic carbocycles. The molecule has 3 saturated heterocycles. The molecule has 0 spiro atoms. The average Bonchev–Trinajstić information content (AvgIpc) is 3.52. The van der Waals surface area contributed by atoms with Crippen LogP contribution >= 0.6 is 0 Å². The van der Waals surface area contributed by atoms with Crippen LogP contribution in [0.4, 0.5) is 0 Å². The van der Waals surface area contributed by atoms with Gasteiger partial charge in [-0.05, 0) is 95.6 Å². The second kappa shape index (κ2) is 11.1. The molecule has 4 N–H and O–H groups in total. The van der Waals surface area contributed by atoms with E-state index in [1.807, 2.05) is 0 Å². The van der Waals surface area contributed by atoms with Crippen molar-refractivity contribution in [3.8, 4) is 0 Å². The molecule has 8 atom stereocenters. The van der Waals surface area contributed by atoms with Crippen molar-refractivity contribution >= 4 is 5.91 Å². The highest BCUT2D eigenvalue weighted by Crippen LogP contribution is 2.40. The molecule has 7 nitrogen and oxygen atoms in total. The summed E-state index contributed by atoms with van der Waals surface area (Å²) in [7, 11) is 2.19. The van der Waals surface area contributed by atoms with Crippen molar-refractivity contribution in [2.45, 2.75) is 126 Å². The predicted molar refractivity (Wildman–Crippen MR) is 143 cm³/mol. The molecule has 1 aromatic heterocycles. The van der Waals surface area contributed by atoms with Crippen molar-refractivity contribution < 1.29 is 4.79 Å². The first-order valence-electron chi connectivity index (χ1n) is 15.2. The van der Waals surface area contributed by atoms with Gasteiger partial charge in [0.05, 0.1) is 12.1 Å². The fourth-order valence-corrected chi connectivity index (χ4v) is 8.34. The van der Waals surface area contributed by atoms with Crippen molar-refractivity contribution in [3.05, 3.63) is 17.7 Å². The normalized spacial score (nSPS) is 37.6. The Morgan fingerprint density at radius 2 is 1.78 bits per heavy atom. The number of imidazole rings is 1. The molecule has 1 amide bonds. The first kappa shape index (κ1) is 24.9. The van der Waals surface area contributed by atoms with Crippen LogP contribution in [0.15, 0.2) is 6.20 Å². The van der Waals surface area contributed by atoms with E-state index in [0.29, 0.717) is 23.9 Å². The zero-order valence-electron chi connectivity index (χ0n) is 22.3. The molecule has 2 saturated carbocycles. The average molecular weight is 497 g/mol. The third kappa shape index (κ3) is 5.25. The Labute approximate surface area is 217 Å². The molecular weight excluding hydrogens is 448 g/mol. The maximum Gasteiger partial charge on any atom is 0.237 e. The van der Waals surface area contributed by atoms with Crippen LogP contribution in [0.1, 0.15) is 113 Å². The van der Waals surface area contributed by atoms with E-state index in [4.69, 9.17) is 4.98 Å². The smallest absolute Gasteiger partial charge is 0.237 e. The molecule has 6 rings (SSSR count). The molecule has 5 fully saturated rings. The second-order valence-electron chi connectivity index (χ2n) is 12.6. The lowest BCUT2D eigenvalue weighted by molar-refractivity contribution is -0.123. The van der Waals surface area contributed by atoms with E-state index < -0.39 is 0 Å². The van der Waals surface area contributed by atoms with Gasteiger partial charge < -0.3 is 25.8 Å². The molecule has 200 valence electrons. The lowest BCUT2D eigenvalue weighted by Crippen LogP contribution is -2.46. The van der Waals surface area contributed by atoms with Crippen molar-refractivity contribution in [2.75, 3.05) is 13.1 Å². The van der Waals surface area contributed by atoms with E-state index >= 15 is 0 Å². The van der Waals surface area contributed by atoms with Gasteiger partial charge in [0.2, 0.25) is 5.91 Å². The molecular formula is C29H48N6O. The number of piperidine rings is 2. The van der Waals surface area contributed by atoms with Gasteiger partial charge in [-0.3, -0.25) is 4.79 Å². The summed E-state index contributed by atoms with van der Waals surface area (Å²) in [6.07, 6.45) is 19.4. The maximum absolute atomic E-state index is 13.6. The van der Waals surface area contributed by atoms with E-state index in [1.54, 1.807) is 0 Å². The number of nitrogens with one attached hydrogen (secondary N) is 4. The Morgan fingerprint density at radius 3 is 2.64 bits per heavy atom. The minimum atomic E-state index is -0.0475. The minimum Gasteiger partial charge on any atom is -0.345 e. The number of nitrogens with zero attached hydrogens (tertiary/aromatic N) is 2. The molecule has 7 unspecified atom stereocenters. The van der Waals surface area contributed by atoms with E-state index in [-0.39, 0.29) is 18.0 Å². The minimum absolute atomic E-state index is 0.0380. The molecule has 5 aliphatic rings. The van der Waals surface area contributed by atoms with Gasteiger partial charge in [0.1, 0.15) is 5.82 Å². The standard InChI is InChI=1S/C29H48N6O/c1-35-27(21-11-12-23-19(15-21)8-6-14-31-23)18-32-28(35)25(17-22-9-4-5-13-30-22)34-29(36)26-16-20-7-2-3-10-24(20)33-26/h18-26,30-31,33H,2-17H2,1H3,(H,34,36)/t19?,20?,21?,22?,23?,24?,25-,26?/m0/s1. The zero-order valence-corrected chi connectivity index (χ0v) is 22.3. The Kier molecular flexibility index (Phi) is 7.68. The van der Waals surface area contributed by atoms with Gasteiger partial charge in [-0.2, -0.15) is 0 Å². The molecule has 3 aliphatic heterocycles. The van der Waals surface area contributed by atoms with Gasteiger partial charge >= 0.3 is 0 Å². The highest BCUT2D eigenvalue weighted by atomic mass is 16.2. The van der Waals surface area contributed by atoms with Crippen molar-refractivity contribution in [3.63, 3.8) is 0 Å². The van der Waals surface area contributed by atoms with Crippen LogP contribution in [-0.2, 0) is 11.8 Å². The molecule has 0 bridgehead atoms. The van der Waals surface area contributed by atoms with Gasteiger partial charge in [0, 0.05) is 43.0 Å². The highest BCUT2D eigenvalue weighted by Gasteiger charge is 2.40. The fraction of sp³-hybridized carbons (Fsp3) is 0.862. The summed E-state index contributed by atoms with van der Waals surface area (Å²) < 4.78 is 2.34. The van der Waals surface area contributed by atoms with Crippen molar-refractivity contribution in [1.29, 1.82) is 0 Å². The number of aromatic nitrogens is 2. The van der Waals surface area contributed by atoms with Crippen LogP contribution in [0.2, 0.25) is 0 Å². The van der Waals surface area contributed by atoms with E-state index in [0.717, 1.165) is 37.2 Å². The van der Waals surface area contributed by atoms with Gasteiger partial charge in [0.15, 0.2) is 0 Å². The number of carbonyl (C=O) groups excluding carboxylic acids is 1. The van der Waals surface area contributed by atoms with Gasteiger partial charge in [-0.15, -0.1) is 0 Å². The summed E-state index contributed by atoms with van der Waals surface area (Å²) in [4.78, 5) is 18.6. The first-order chi connectivity index (χ1) is 17.7. The summed E-state index contributed by atoms with van der Waals surface area (Å²) in [5.74, 6) is 3.29. The number of carbonyl (C=O) groups is 1. The Hall–Kier alpha value is -1.44. The third-order valence-corrected chi connectivity index (χ3v) is 10.4. The molecule has 4 heterocycles. The predicted octanol–water partition coefficient (Wildman–Crippen LogP) is 3.67. The lowest BCUT2D eigenvalue weighted by Gasteiger charge is -2.40. The molecule has 36 heavy (non-hydrogen) atoms. The molecule has 7 heteroatoms. The van der Waals surface area contributed by atoms with Crippen LogP contribution in [0.5, 0.6) is 0 Å². The fourth-order valence-electron chi connectivity index (χ4n) is 8.34. The number of hydrogen-bond acceptors (Lipinski definition) is 5. The van der Waals surface area contributed by atoms with E-state index in [2.05, 4.69) is 39.1 Å². The number of rotatable bonds is 6. The van der Waals surface area contributed by atoms with E-state index in [9.17, 15) is 4.79 Å². The summed E-state index contributed by atoms with van der Waals surface area (Å²) in [5.41, 5.74) is 1.37. The maximum atomic E-state index is 13.6. The Morgan fingerprint density at radius 1 is 0.972 bits per heavy atom. The van der Waals surface area contributed by atoms with Crippen LogP contribution in [0.25, 0.3) is 0 Å². The summed E-state index contributed by atoms with van der Waals surface area (Å²) in [6.45, 7) is 2.28. The SMILES string of the molecule is Cn1c(C2CCC3NCCCC3C2)cnc1[C@H](CC1CCCCN1)NC(=O)C1CC2CCCCC2N1.